The van der Waals surface area contributed by atoms with E-state index in [1.54, 1.807) is 21.0 Å². The van der Waals surface area contributed by atoms with Gasteiger partial charge in [0.25, 0.3) is 0 Å². The molecule has 4 N–H and O–H groups in total. The minimum atomic E-state index is -4.85. The predicted molar refractivity (Wildman–Crippen MR) is 124 cm³/mol. The van der Waals surface area contributed by atoms with E-state index in [0.717, 1.165) is 37.2 Å². The van der Waals surface area contributed by atoms with Gasteiger partial charge in [-0.1, -0.05) is 0 Å². The minimum absolute atomic E-state index is 0.168. The molecular weight excluding hydrogens is 450 g/mol. The van der Waals surface area contributed by atoms with Gasteiger partial charge in [0.05, 0.1) is 24.2 Å². The zero-order chi connectivity index (χ0) is 24.6. The van der Waals surface area contributed by atoms with E-state index in [1.807, 2.05) is 12.1 Å². The van der Waals surface area contributed by atoms with Crippen LogP contribution in [0.2, 0.25) is 0 Å². The summed E-state index contributed by atoms with van der Waals surface area (Å²) in [6.45, 7) is 5.08. The number of methoxy groups -OCH3 is 1. The maximum absolute atomic E-state index is 14.8. The summed E-state index contributed by atoms with van der Waals surface area (Å²) in [5.74, 6) is 0.529. The number of nitrogens with one attached hydrogen (secondary N) is 2. The molecule has 0 saturated carbocycles. The first-order chi connectivity index (χ1) is 16.1. The molecule has 0 amide bonds. The molecule has 0 unspecified atom stereocenters. The molecule has 0 bridgehead atoms. The Hall–Kier alpha value is -3.14. The number of hydrogen-bond acceptors (Lipinski definition) is 6. The molecule has 1 saturated heterocycles. The highest BCUT2D eigenvalue weighted by molar-refractivity contribution is 5.91. The fraction of sp³-hybridized carbons (Fsp3) is 0.417. The van der Waals surface area contributed by atoms with Crippen LogP contribution in [0.5, 0.6) is 5.75 Å². The molecule has 0 spiro atoms. The second-order valence-corrected chi connectivity index (χ2v) is 8.59. The fourth-order valence-corrected chi connectivity index (χ4v) is 4.50. The lowest BCUT2D eigenvalue weighted by atomic mass is 9.88. The van der Waals surface area contributed by atoms with E-state index >= 15 is 0 Å². The second kappa shape index (κ2) is 9.25. The minimum Gasteiger partial charge on any atom is -0.496 e. The number of nitrogens with two attached hydrogens (primary N) is 1. The Morgan fingerprint density at radius 2 is 1.85 bits per heavy atom. The van der Waals surface area contributed by atoms with Crippen LogP contribution in [0.3, 0.4) is 0 Å². The van der Waals surface area contributed by atoms with Crippen LogP contribution in [0, 0.1) is 12.7 Å². The summed E-state index contributed by atoms with van der Waals surface area (Å²) in [6, 6.07) is 4.79. The Bertz CT molecular complexity index is 1210. The number of piperidine rings is 1. The summed E-state index contributed by atoms with van der Waals surface area (Å²) in [4.78, 5) is 8.98. The number of benzene rings is 2. The van der Waals surface area contributed by atoms with Crippen molar-refractivity contribution in [1.82, 2.24) is 15.3 Å². The number of fused-ring (bicyclic) bond motifs is 1. The van der Waals surface area contributed by atoms with Gasteiger partial charge >= 0.3 is 6.18 Å². The Kier molecular flexibility index (Phi) is 6.53. The third-order valence-corrected chi connectivity index (χ3v) is 6.19. The van der Waals surface area contributed by atoms with E-state index in [0.29, 0.717) is 28.6 Å². The summed E-state index contributed by atoms with van der Waals surface area (Å²) in [5, 5.41) is 7.12. The van der Waals surface area contributed by atoms with E-state index in [9.17, 15) is 17.6 Å². The SMILES string of the molecule is COc1cc2nc(C)nc(N[C@H](C)c3cc(N)cc(C(F)(F)F)c3F)c2cc1C1CCNCC1. The molecular formula is C24H27F4N5O. The molecule has 1 fully saturated rings. The van der Waals surface area contributed by atoms with Gasteiger partial charge in [-0.05, 0) is 69.5 Å². The molecule has 0 radical (unpaired) electrons. The number of nitrogens with zero attached hydrogens (tertiary/aromatic N) is 2. The zero-order valence-electron chi connectivity index (χ0n) is 19.2. The van der Waals surface area contributed by atoms with Gasteiger partial charge in [0.2, 0.25) is 0 Å². The largest absolute Gasteiger partial charge is 0.496 e. The molecule has 6 nitrogen and oxygen atoms in total. The first-order valence-corrected chi connectivity index (χ1v) is 11.1. The van der Waals surface area contributed by atoms with E-state index in [-0.39, 0.29) is 17.2 Å². The molecule has 1 atom stereocenters. The Morgan fingerprint density at radius 3 is 2.50 bits per heavy atom. The van der Waals surface area contributed by atoms with E-state index in [1.165, 1.54) is 6.07 Å². The van der Waals surface area contributed by atoms with Gasteiger partial charge in [0.1, 0.15) is 23.2 Å². The van der Waals surface area contributed by atoms with Gasteiger partial charge in [-0.25, -0.2) is 14.4 Å². The monoisotopic (exact) mass is 477 g/mol. The van der Waals surface area contributed by atoms with Gasteiger partial charge in [-0.3, -0.25) is 0 Å². The number of alkyl halides is 3. The van der Waals surface area contributed by atoms with Crippen molar-refractivity contribution in [3.8, 4) is 5.75 Å². The first-order valence-electron chi connectivity index (χ1n) is 11.1. The van der Waals surface area contributed by atoms with Crippen LogP contribution in [0.1, 0.15) is 54.2 Å². The van der Waals surface area contributed by atoms with Gasteiger partial charge in [-0.15, -0.1) is 0 Å². The predicted octanol–water partition coefficient (Wildman–Crippen LogP) is 5.33. The Labute approximate surface area is 194 Å². The molecule has 2 heterocycles. The maximum atomic E-state index is 14.8. The topological polar surface area (TPSA) is 85.1 Å². The number of anilines is 2. The van der Waals surface area contributed by atoms with Crippen molar-refractivity contribution >= 4 is 22.4 Å². The van der Waals surface area contributed by atoms with Crippen LogP contribution in [-0.2, 0) is 6.18 Å². The zero-order valence-corrected chi connectivity index (χ0v) is 19.2. The van der Waals surface area contributed by atoms with E-state index in [4.69, 9.17) is 10.5 Å². The van der Waals surface area contributed by atoms with Crippen LogP contribution in [0.15, 0.2) is 24.3 Å². The first kappa shape index (κ1) is 24.0. The lowest BCUT2D eigenvalue weighted by molar-refractivity contribution is -0.140. The van der Waals surface area contributed by atoms with Crippen molar-refractivity contribution in [2.45, 2.75) is 44.8 Å². The molecule has 1 aliphatic heterocycles. The van der Waals surface area contributed by atoms with Crippen molar-refractivity contribution < 1.29 is 22.3 Å². The lowest BCUT2D eigenvalue weighted by Crippen LogP contribution is -2.26. The van der Waals surface area contributed by atoms with Crippen molar-refractivity contribution in [3.05, 3.63) is 52.6 Å². The third-order valence-electron chi connectivity index (χ3n) is 6.19. The molecule has 2 aromatic carbocycles. The van der Waals surface area contributed by atoms with Gasteiger partial charge < -0.3 is 21.1 Å². The number of ether oxygens (including phenoxy) is 1. The Balaban J connectivity index is 1.78. The molecule has 1 aromatic heterocycles. The lowest BCUT2D eigenvalue weighted by Gasteiger charge is -2.25. The number of aryl methyl sites for hydroxylation is 1. The third kappa shape index (κ3) is 4.72. The van der Waals surface area contributed by atoms with Gasteiger partial charge in [0.15, 0.2) is 0 Å². The van der Waals surface area contributed by atoms with Crippen molar-refractivity contribution in [1.29, 1.82) is 0 Å². The fourth-order valence-electron chi connectivity index (χ4n) is 4.50. The summed E-state index contributed by atoms with van der Waals surface area (Å²) < 4.78 is 60.4. The summed E-state index contributed by atoms with van der Waals surface area (Å²) in [6.07, 6.45) is -2.96. The summed E-state index contributed by atoms with van der Waals surface area (Å²) in [7, 11) is 1.61. The highest BCUT2D eigenvalue weighted by Crippen LogP contribution is 2.39. The molecule has 0 aliphatic carbocycles. The maximum Gasteiger partial charge on any atom is 0.419 e. The van der Waals surface area contributed by atoms with Crippen molar-refractivity contribution in [2.75, 3.05) is 31.2 Å². The Morgan fingerprint density at radius 1 is 1.15 bits per heavy atom. The number of hydrogen-bond donors (Lipinski definition) is 3. The van der Waals surface area contributed by atoms with Gasteiger partial charge in [-0.2, -0.15) is 13.2 Å². The molecule has 182 valence electrons. The number of halogens is 4. The van der Waals surface area contributed by atoms with Crippen molar-refractivity contribution in [3.63, 3.8) is 0 Å². The van der Waals surface area contributed by atoms with Crippen LogP contribution in [0.4, 0.5) is 29.1 Å². The van der Waals surface area contributed by atoms with E-state index in [2.05, 4.69) is 20.6 Å². The van der Waals surface area contributed by atoms with E-state index < -0.39 is 23.6 Å². The number of rotatable bonds is 5. The quantitative estimate of drug-likeness (QED) is 0.340. The molecule has 10 heteroatoms. The number of aromatic nitrogens is 2. The highest BCUT2D eigenvalue weighted by Gasteiger charge is 2.36. The standard InChI is InChI=1S/C24H27F4N5O/c1-12(16-8-15(29)9-19(22(16)25)24(26,27)28)31-23-18-10-17(14-4-6-30-7-5-14)21(34-3)11-20(18)32-13(2)33-23/h8-12,14,30H,4-7,29H2,1-3H3,(H,31,32,33)/t12-/m1/s1. The molecule has 4 rings (SSSR count). The van der Waals surface area contributed by atoms with Crippen molar-refractivity contribution in [2.24, 2.45) is 0 Å². The highest BCUT2D eigenvalue weighted by atomic mass is 19.4. The van der Waals surface area contributed by atoms with Gasteiger partial charge in [0, 0.05) is 22.7 Å². The van der Waals surface area contributed by atoms with Crippen LogP contribution in [0.25, 0.3) is 10.9 Å². The average Bonchev–Trinajstić information content (AvgIpc) is 2.79. The number of nitrogen functional groups attached to an aromatic ring is 1. The smallest absolute Gasteiger partial charge is 0.419 e. The summed E-state index contributed by atoms with van der Waals surface area (Å²) in [5.41, 5.74) is 5.56. The molecule has 1 aliphatic rings. The van der Waals surface area contributed by atoms with Crippen LogP contribution in [-0.4, -0.2) is 30.2 Å². The average molecular weight is 478 g/mol. The second-order valence-electron chi connectivity index (χ2n) is 8.59. The summed E-state index contributed by atoms with van der Waals surface area (Å²) >= 11 is 0. The molecule has 34 heavy (non-hydrogen) atoms. The molecule has 3 aromatic rings. The van der Waals surface area contributed by atoms with Crippen LogP contribution >= 0.6 is 0 Å². The van der Waals surface area contributed by atoms with Crippen LogP contribution < -0.4 is 21.1 Å². The normalized spacial score (nSPS) is 16.0.